The minimum absolute atomic E-state index is 0. The van der Waals surface area contributed by atoms with Crippen molar-refractivity contribution in [2.75, 3.05) is 25.2 Å². The number of hydrogen-bond donors (Lipinski definition) is 1. The molecule has 5 nitrogen and oxygen atoms in total. The number of methoxy groups -OCH3 is 1. The topological polar surface area (TPSA) is 64.8 Å². The molecular weight excluding hydrogens is 375 g/mol. The average Bonchev–Trinajstić information content (AvgIpc) is 2.61. The van der Waals surface area contributed by atoms with Gasteiger partial charge in [0.25, 0.3) is 0 Å². The molecular formula is C19H24Cl2N2O3. The summed E-state index contributed by atoms with van der Waals surface area (Å²) in [6.07, 6.45) is 0.265. The molecule has 0 aliphatic rings. The number of carbonyl (C=O) groups is 1. The lowest BCUT2D eigenvalue weighted by Crippen LogP contribution is -2.31. The van der Waals surface area contributed by atoms with E-state index in [1.165, 1.54) is 0 Å². The van der Waals surface area contributed by atoms with Crippen molar-refractivity contribution in [2.45, 2.75) is 19.9 Å². The summed E-state index contributed by atoms with van der Waals surface area (Å²) in [5.41, 5.74) is 7.25. The second-order valence-corrected chi connectivity index (χ2v) is 5.82. The first kappa shape index (κ1) is 22.1. The Hall–Kier alpha value is -1.95. The van der Waals surface area contributed by atoms with E-state index in [4.69, 9.17) is 26.8 Å². The Labute approximate surface area is 165 Å². The van der Waals surface area contributed by atoms with Gasteiger partial charge in [0, 0.05) is 18.7 Å². The lowest BCUT2D eigenvalue weighted by atomic mass is 10.1. The van der Waals surface area contributed by atoms with E-state index in [-0.39, 0.29) is 24.7 Å². The van der Waals surface area contributed by atoms with Gasteiger partial charge in [-0.2, -0.15) is 0 Å². The third kappa shape index (κ3) is 5.80. The molecule has 0 saturated carbocycles. The number of nitrogens with two attached hydrogens (primary N) is 1. The van der Waals surface area contributed by atoms with E-state index < -0.39 is 0 Å². The molecule has 2 aromatic carbocycles. The van der Waals surface area contributed by atoms with Gasteiger partial charge in [-0.3, -0.25) is 4.79 Å². The summed E-state index contributed by atoms with van der Waals surface area (Å²) in [6.45, 7) is 3.27. The standard InChI is InChI=1S/C19H23ClN2O3.ClH/c1-3-25-16-7-4-14(5-8-16)13-22(19(23)10-11-21)15-6-9-18(24-2)17(20)12-15;/h4-9,12H,3,10-11,13,21H2,1-2H3;1H. The molecule has 2 rings (SSSR count). The largest absolute Gasteiger partial charge is 0.495 e. The van der Waals surface area contributed by atoms with Crippen molar-refractivity contribution in [3.63, 3.8) is 0 Å². The SMILES string of the molecule is CCOc1ccc(CN(C(=O)CCN)c2ccc(OC)c(Cl)c2)cc1.Cl. The van der Waals surface area contributed by atoms with Crippen LogP contribution in [0.15, 0.2) is 42.5 Å². The van der Waals surface area contributed by atoms with Gasteiger partial charge in [0.2, 0.25) is 5.91 Å². The Bertz CT molecular complexity index is 708. The highest BCUT2D eigenvalue weighted by Crippen LogP contribution is 2.30. The van der Waals surface area contributed by atoms with E-state index in [0.29, 0.717) is 36.2 Å². The molecule has 2 aromatic rings. The summed E-state index contributed by atoms with van der Waals surface area (Å²) >= 11 is 6.21. The van der Waals surface area contributed by atoms with E-state index in [1.54, 1.807) is 24.1 Å². The molecule has 0 unspecified atom stereocenters. The number of amides is 1. The van der Waals surface area contributed by atoms with Crippen LogP contribution in [-0.4, -0.2) is 26.2 Å². The normalized spacial score (nSPS) is 10.0. The second kappa shape index (κ2) is 10.9. The third-order valence-electron chi connectivity index (χ3n) is 3.68. The monoisotopic (exact) mass is 398 g/mol. The Morgan fingerprint density at radius 2 is 1.88 bits per heavy atom. The molecule has 26 heavy (non-hydrogen) atoms. The van der Waals surface area contributed by atoms with Crippen molar-refractivity contribution in [1.29, 1.82) is 0 Å². The molecule has 0 aliphatic carbocycles. The van der Waals surface area contributed by atoms with E-state index in [9.17, 15) is 4.79 Å². The summed E-state index contributed by atoms with van der Waals surface area (Å²) in [4.78, 5) is 14.2. The maximum Gasteiger partial charge on any atom is 0.228 e. The van der Waals surface area contributed by atoms with E-state index >= 15 is 0 Å². The molecule has 0 heterocycles. The van der Waals surface area contributed by atoms with Crippen molar-refractivity contribution in [3.8, 4) is 11.5 Å². The Kier molecular flexibility index (Phi) is 9.27. The summed E-state index contributed by atoms with van der Waals surface area (Å²) in [7, 11) is 1.55. The molecule has 142 valence electrons. The first-order valence-corrected chi connectivity index (χ1v) is 8.52. The number of anilines is 1. The van der Waals surface area contributed by atoms with Crippen LogP contribution < -0.4 is 20.1 Å². The number of ether oxygens (including phenoxy) is 2. The number of carbonyl (C=O) groups excluding carboxylic acids is 1. The second-order valence-electron chi connectivity index (χ2n) is 5.41. The number of halogens is 2. The van der Waals surface area contributed by atoms with Gasteiger partial charge >= 0.3 is 0 Å². The van der Waals surface area contributed by atoms with Gasteiger partial charge < -0.3 is 20.1 Å². The van der Waals surface area contributed by atoms with E-state index in [2.05, 4.69) is 0 Å². The van der Waals surface area contributed by atoms with Crippen LogP contribution in [0.2, 0.25) is 5.02 Å². The average molecular weight is 399 g/mol. The predicted octanol–water partition coefficient (Wildman–Crippen LogP) is 4.05. The zero-order valence-electron chi connectivity index (χ0n) is 14.9. The molecule has 1 amide bonds. The zero-order chi connectivity index (χ0) is 18.2. The lowest BCUT2D eigenvalue weighted by molar-refractivity contribution is -0.118. The van der Waals surface area contributed by atoms with Gasteiger partial charge in [-0.05, 0) is 42.8 Å². The van der Waals surface area contributed by atoms with Crippen LogP contribution in [0.3, 0.4) is 0 Å². The zero-order valence-corrected chi connectivity index (χ0v) is 16.5. The van der Waals surface area contributed by atoms with Crippen molar-refractivity contribution < 1.29 is 14.3 Å². The van der Waals surface area contributed by atoms with Crippen LogP contribution in [0.4, 0.5) is 5.69 Å². The number of nitrogens with zero attached hydrogens (tertiary/aromatic N) is 1. The van der Waals surface area contributed by atoms with Crippen LogP contribution in [0.5, 0.6) is 11.5 Å². The summed E-state index contributed by atoms with van der Waals surface area (Å²) in [6, 6.07) is 13.0. The third-order valence-corrected chi connectivity index (χ3v) is 3.98. The Balaban J connectivity index is 0.00000338. The van der Waals surface area contributed by atoms with Crippen LogP contribution in [-0.2, 0) is 11.3 Å². The van der Waals surface area contributed by atoms with Crippen LogP contribution >= 0.6 is 24.0 Å². The maximum atomic E-state index is 12.5. The van der Waals surface area contributed by atoms with Gasteiger partial charge in [-0.1, -0.05) is 23.7 Å². The van der Waals surface area contributed by atoms with Crippen molar-refractivity contribution in [2.24, 2.45) is 5.73 Å². The molecule has 0 fully saturated rings. The van der Waals surface area contributed by atoms with Gasteiger partial charge in [0.15, 0.2) is 0 Å². The molecule has 0 spiro atoms. The highest BCUT2D eigenvalue weighted by atomic mass is 35.5. The Morgan fingerprint density at radius 3 is 2.42 bits per heavy atom. The first-order valence-electron chi connectivity index (χ1n) is 8.14. The fourth-order valence-corrected chi connectivity index (χ4v) is 2.70. The van der Waals surface area contributed by atoms with Crippen LogP contribution in [0.25, 0.3) is 0 Å². The van der Waals surface area contributed by atoms with Crippen molar-refractivity contribution >= 4 is 35.6 Å². The maximum absolute atomic E-state index is 12.5. The summed E-state index contributed by atoms with van der Waals surface area (Å²) < 4.78 is 10.6. The lowest BCUT2D eigenvalue weighted by Gasteiger charge is -2.23. The number of benzene rings is 2. The molecule has 7 heteroatoms. The molecule has 0 atom stereocenters. The first-order chi connectivity index (χ1) is 12.1. The fourth-order valence-electron chi connectivity index (χ4n) is 2.45. The van der Waals surface area contributed by atoms with Crippen LogP contribution in [0, 0.1) is 0 Å². The molecule has 0 saturated heterocycles. The van der Waals surface area contributed by atoms with E-state index in [1.807, 2.05) is 37.3 Å². The number of rotatable bonds is 8. The fraction of sp³-hybridized carbons (Fsp3) is 0.316. The van der Waals surface area contributed by atoms with E-state index in [0.717, 1.165) is 11.3 Å². The molecule has 0 radical (unpaired) electrons. The summed E-state index contributed by atoms with van der Waals surface area (Å²) in [5.74, 6) is 1.31. The highest BCUT2D eigenvalue weighted by Gasteiger charge is 2.17. The van der Waals surface area contributed by atoms with Crippen molar-refractivity contribution in [3.05, 3.63) is 53.1 Å². The summed E-state index contributed by atoms with van der Waals surface area (Å²) in [5, 5.41) is 0.456. The molecule has 0 bridgehead atoms. The van der Waals surface area contributed by atoms with Gasteiger partial charge in [0.1, 0.15) is 11.5 Å². The molecule has 2 N–H and O–H groups in total. The van der Waals surface area contributed by atoms with Gasteiger partial charge in [-0.25, -0.2) is 0 Å². The highest BCUT2D eigenvalue weighted by molar-refractivity contribution is 6.32. The quantitative estimate of drug-likeness (QED) is 0.728. The minimum Gasteiger partial charge on any atom is -0.495 e. The predicted molar refractivity (Wildman–Crippen MR) is 108 cm³/mol. The van der Waals surface area contributed by atoms with Gasteiger partial charge in [-0.15, -0.1) is 12.4 Å². The smallest absolute Gasteiger partial charge is 0.228 e. The van der Waals surface area contributed by atoms with Crippen molar-refractivity contribution in [1.82, 2.24) is 0 Å². The molecule has 0 aliphatic heterocycles. The minimum atomic E-state index is -0.0578. The van der Waals surface area contributed by atoms with Crippen LogP contribution in [0.1, 0.15) is 18.9 Å². The Morgan fingerprint density at radius 1 is 1.19 bits per heavy atom. The van der Waals surface area contributed by atoms with Gasteiger partial charge in [0.05, 0.1) is 25.3 Å². The molecule has 0 aromatic heterocycles. The number of hydrogen-bond acceptors (Lipinski definition) is 4.